The van der Waals surface area contributed by atoms with E-state index in [1.54, 1.807) is 24.3 Å². The number of carbonyl (C=O) groups is 2. The summed E-state index contributed by atoms with van der Waals surface area (Å²) in [5.74, 6) is -0.511. The number of nitrogens with zero attached hydrogens (tertiary/aromatic N) is 3. The third kappa shape index (κ3) is 3.85. The first-order valence-electron chi connectivity index (χ1n) is 9.47. The van der Waals surface area contributed by atoms with Crippen LogP contribution in [0.2, 0.25) is 0 Å². The summed E-state index contributed by atoms with van der Waals surface area (Å²) < 4.78 is 1.85. The van der Waals surface area contributed by atoms with E-state index in [0.717, 1.165) is 44.5 Å². The summed E-state index contributed by atoms with van der Waals surface area (Å²) in [6.07, 6.45) is 3.96. The molecule has 0 atom stereocenters. The van der Waals surface area contributed by atoms with E-state index in [0.29, 0.717) is 16.9 Å². The second-order valence-corrected chi connectivity index (χ2v) is 7.20. The van der Waals surface area contributed by atoms with Gasteiger partial charge in [0.05, 0.1) is 23.0 Å². The van der Waals surface area contributed by atoms with E-state index in [-0.39, 0.29) is 23.9 Å². The largest absolute Gasteiger partial charge is 0.349 e. The molecule has 0 unspecified atom stereocenters. The summed E-state index contributed by atoms with van der Waals surface area (Å²) in [6, 6.07) is 7.54. The number of piperidine rings is 1. The maximum absolute atomic E-state index is 12.8. The maximum Gasteiger partial charge on any atom is 0.278 e. The minimum atomic E-state index is -0.348. The highest BCUT2D eigenvalue weighted by molar-refractivity contribution is 6.08. The number of carbonyl (C=O) groups excluding carboxylic acids is 2. The van der Waals surface area contributed by atoms with Crippen LogP contribution in [-0.4, -0.2) is 45.9 Å². The summed E-state index contributed by atoms with van der Waals surface area (Å²) in [4.78, 5) is 25.2. The van der Waals surface area contributed by atoms with Crippen LogP contribution in [0.25, 0.3) is 0 Å². The lowest BCUT2D eigenvalue weighted by atomic mass is 10.1. The molecule has 8 nitrogen and oxygen atoms in total. The average Bonchev–Trinajstić information content (AvgIpc) is 3.41. The second kappa shape index (κ2) is 7.48. The fourth-order valence-electron chi connectivity index (χ4n) is 3.41. The van der Waals surface area contributed by atoms with E-state index in [1.165, 1.54) is 0 Å². The first-order chi connectivity index (χ1) is 13.1. The van der Waals surface area contributed by atoms with Crippen LogP contribution in [0.15, 0.2) is 24.3 Å². The molecule has 3 N–H and O–H groups in total. The van der Waals surface area contributed by atoms with Gasteiger partial charge in [-0.15, -0.1) is 5.10 Å². The zero-order chi connectivity index (χ0) is 18.8. The smallest absolute Gasteiger partial charge is 0.278 e. The quantitative estimate of drug-likeness (QED) is 0.745. The molecular weight excluding hydrogens is 344 g/mol. The SMILES string of the molecule is Cc1c(C(=O)Nc2ccccc2C(=O)NC2CC2)nnn1C1CCNCC1. The molecule has 1 saturated carbocycles. The lowest BCUT2D eigenvalue weighted by Crippen LogP contribution is -2.30. The van der Waals surface area contributed by atoms with Crippen LogP contribution in [-0.2, 0) is 0 Å². The summed E-state index contributed by atoms with van der Waals surface area (Å²) in [6.45, 7) is 3.74. The fourth-order valence-corrected chi connectivity index (χ4v) is 3.41. The summed E-state index contributed by atoms with van der Waals surface area (Å²) in [5.41, 5.74) is 1.99. The first-order valence-corrected chi connectivity index (χ1v) is 9.47. The third-order valence-corrected chi connectivity index (χ3v) is 5.13. The van der Waals surface area contributed by atoms with Gasteiger partial charge in [-0.2, -0.15) is 0 Å². The maximum atomic E-state index is 12.8. The molecule has 142 valence electrons. The molecule has 1 aliphatic heterocycles. The van der Waals surface area contributed by atoms with Crippen molar-refractivity contribution in [3.05, 3.63) is 41.2 Å². The van der Waals surface area contributed by atoms with Crippen LogP contribution in [0.5, 0.6) is 0 Å². The zero-order valence-corrected chi connectivity index (χ0v) is 15.4. The van der Waals surface area contributed by atoms with E-state index in [1.807, 2.05) is 11.6 Å². The van der Waals surface area contributed by atoms with E-state index in [4.69, 9.17) is 0 Å². The van der Waals surface area contributed by atoms with Crippen molar-refractivity contribution in [3.8, 4) is 0 Å². The highest BCUT2D eigenvalue weighted by Crippen LogP contribution is 2.23. The van der Waals surface area contributed by atoms with Gasteiger partial charge >= 0.3 is 0 Å². The molecule has 0 radical (unpaired) electrons. The monoisotopic (exact) mass is 368 g/mol. The zero-order valence-electron chi connectivity index (χ0n) is 15.4. The second-order valence-electron chi connectivity index (χ2n) is 7.20. The number of anilines is 1. The Morgan fingerprint density at radius 2 is 1.85 bits per heavy atom. The topological polar surface area (TPSA) is 101 Å². The Bertz CT molecular complexity index is 852. The van der Waals surface area contributed by atoms with Crippen molar-refractivity contribution < 1.29 is 9.59 Å². The molecule has 2 aromatic rings. The molecule has 0 spiro atoms. The van der Waals surface area contributed by atoms with Gasteiger partial charge < -0.3 is 16.0 Å². The van der Waals surface area contributed by atoms with Gasteiger partial charge in [0, 0.05) is 6.04 Å². The predicted molar refractivity (Wildman–Crippen MR) is 101 cm³/mol. The molecular formula is C19H24N6O2. The Morgan fingerprint density at radius 3 is 2.59 bits per heavy atom. The molecule has 0 bridgehead atoms. The number of rotatable bonds is 5. The number of amides is 2. The lowest BCUT2D eigenvalue weighted by molar-refractivity contribution is 0.0952. The van der Waals surface area contributed by atoms with Crippen LogP contribution < -0.4 is 16.0 Å². The molecule has 1 aromatic carbocycles. The predicted octanol–water partition coefficient (Wildman–Crippen LogP) is 1.66. The fraction of sp³-hybridized carbons (Fsp3) is 0.474. The van der Waals surface area contributed by atoms with Crippen molar-refractivity contribution >= 4 is 17.5 Å². The number of aromatic nitrogens is 3. The van der Waals surface area contributed by atoms with Gasteiger partial charge in [0.15, 0.2) is 5.69 Å². The van der Waals surface area contributed by atoms with Gasteiger partial charge in [-0.3, -0.25) is 9.59 Å². The number of benzene rings is 1. The van der Waals surface area contributed by atoms with Crippen LogP contribution >= 0.6 is 0 Å². The van der Waals surface area contributed by atoms with Crippen molar-refractivity contribution in [2.75, 3.05) is 18.4 Å². The Hall–Kier alpha value is -2.74. The van der Waals surface area contributed by atoms with E-state index >= 15 is 0 Å². The van der Waals surface area contributed by atoms with Crippen LogP contribution in [0, 0.1) is 6.92 Å². The number of nitrogens with one attached hydrogen (secondary N) is 3. The minimum absolute atomic E-state index is 0.163. The Labute approximate surface area is 157 Å². The molecule has 1 saturated heterocycles. The molecule has 1 aromatic heterocycles. The summed E-state index contributed by atoms with van der Waals surface area (Å²) >= 11 is 0. The summed E-state index contributed by atoms with van der Waals surface area (Å²) in [5, 5.41) is 17.4. The highest BCUT2D eigenvalue weighted by Gasteiger charge is 2.26. The molecule has 1 aliphatic carbocycles. The first kappa shape index (κ1) is 17.7. The van der Waals surface area contributed by atoms with Crippen molar-refractivity contribution in [2.45, 2.75) is 44.7 Å². The van der Waals surface area contributed by atoms with Crippen LogP contribution in [0.1, 0.15) is 58.3 Å². The normalized spacial score (nSPS) is 17.5. The molecule has 8 heteroatoms. The van der Waals surface area contributed by atoms with E-state index in [9.17, 15) is 9.59 Å². The molecule has 2 aliphatic rings. The molecule has 4 rings (SSSR count). The van der Waals surface area contributed by atoms with E-state index < -0.39 is 0 Å². The van der Waals surface area contributed by atoms with Gasteiger partial charge in [-0.25, -0.2) is 4.68 Å². The Balaban J connectivity index is 1.51. The molecule has 2 amide bonds. The lowest BCUT2D eigenvalue weighted by Gasteiger charge is -2.23. The number of hydrogen-bond donors (Lipinski definition) is 3. The van der Waals surface area contributed by atoms with Crippen LogP contribution in [0.4, 0.5) is 5.69 Å². The molecule has 2 fully saturated rings. The van der Waals surface area contributed by atoms with Crippen molar-refractivity contribution in [2.24, 2.45) is 0 Å². The average molecular weight is 368 g/mol. The minimum Gasteiger partial charge on any atom is -0.349 e. The Morgan fingerprint density at radius 1 is 1.11 bits per heavy atom. The highest BCUT2D eigenvalue weighted by atomic mass is 16.2. The Kier molecular flexibility index (Phi) is 4.89. The number of hydrogen-bond acceptors (Lipinski definition) is 5. The van der Waals surface area contributed by atoms with Crippen molar-refractivity contribution in [3.63, 3.8) is 0 Å². The number of para-hydroxylation sites is 1. The summed E-state index contributed by atoms with van der Waals surface area (Å²) in [7, 11) is 0. The third-order valence-electron chi connectivity index (χ3n) is 5.13. The van der Waals surface area contributed by atoms with Gasteiger partial charge in [-0.05, 0) is 57.8 Å². The molecule has 27 heavy (non-hydrogen) atoms. The van der Waals surface area contributed by atoms with Gasteiger partial charge in [0.25, 0.3) is 11.8 Å². The van der Waals surface area contributed by atoms with Crippen LogP contribution in [0.3, 0.4) is 0 Å². The van der Waals surface area contributed by atoms with Crippen molar-refractivity contribution in [1.82, 2.24) is 25.6 Å². The van der Waals surface area contributed by atoms with Gasteiger partial charge in [-0.1, -0.05) is 17.3 Å². The molecule has 2 heterocycles. The standard InChI is InChI=1S/C19H24N6O2/c1-12-17(23-24-25(12)14-8-10-20-11-9-14)19(27)22-16-5-3-2-4-15(16)18(26)21-13-6-7-13/h2-5,13-14,20H,6-11H2,1H3,(H,21,26)(H,22,27). The van der Waals surface area contributed by atoms with Crippen molar-refractivity contribution in [1.29, 1.82) is 0 Å². The van der Waals surface area contributed by atoms with Gasteiger partial charge in [0.2, 0.25) is 0 Å². The van der Waals surface area contributed by atoms with Gasteiger partial charge in [0.1, 0.15) is 0 Å². The van der Waals surface area contributed by atoms with E-state index in [2.05, 4.69) is 26.3 Å².